The van der Waals surface area contributed by atoms with Crippen molar-refractivity contribution in [2.45, 2.75) is 17.7 Å². The van der Waals surface area contributed by atoms with Crippen LogP contribution in [0, 0.1) is 5.92 Å². The third-order valence-electron chi connectivity index (χ3n) is 3.62. The van der Waals surface area contributed by atoms with E-state index in [-0.39, 0.29) is 27.3 Å². The molecule has 0 bridgehead atoms. The number of rotatable bonds is 6. The minimum Gasteiger partial charge on any atom is -0.465 e. The molecule has 0 radical (unpaired) electrons. The van der Waals surface area contributed by atoms with E-state index >= 15 is 0 Å². The van der Waals surface area contributed by atoms with E-state index in [1.807, 2.05) is 0 Å². The lowest BCUT2D eigenvalue weighted by molar-refractivity contribution is -0.117. The Morgan fingerprint density at radius 2 is 1.92 bits per heavy atom. The number of ether oxygens (including phenoxy) is 1. The van der Waals surface area contributed by atoms with Gasteiger partial charge in [0.1, 0.15) is 9.77 Å². The van der Waals surface area contributed by atoms with Crippen molar-refractivity contribution in [3.63, 3.8) is 0 Å². The summed E-state index contributed by atoms with van der Waals surface area (Å²) in [5.41, 5.74) is 0.797. The van der Waals surface area contributed by atoms with Gasteiger partial charge in [0.25, 0.3) is 10.0 Å². The molecule has 0 saturated heterocycles. The van der Waals surface area contributed by atoms with E-state index in [0.29, 0.717) is 5.69 Å². The van der Waals surface area contributed by atoms with Crippen LogP contribution in [0.5, 0.6) is 0 Å². The van der Waals surface area contributed by atoms with Gasteiger partial charge in [-0.3, -0.25) is 9.52 Å². The highest BCUT2D eigenvalue weighted by Crippen LogP contribution is 2.31. The summed E-state index contributed by atoms with van der Waals surface area (Å²) in [4.78, 5) is 23.4. The van der Waals surface area contributed by atoms with Crippen LogP contribution in [0.3, 0.4) is 0 Å². The first-order chi connectivity index (χ1) is 11.9. The second-order valence-corrected chi connectivity index (χ2v) is 8.12. The number of hydrogen-bond donors (Lipinski definition) is 2. The summed E-state index contributed by atoms with van der Waals surface area (Å²) >= 11 is 0.991. The highest BCUT2D eigenvalue weighted by molar-refractivity contribution is 7.93. The fourth-order valence-electron chi connectivity index (χ4n) is 2.21. The molecule has 2 N–H and O–H groups in total. The number of thiophene rings is 1. The standard InChI is InChI=1S/C16H16N2O5S2/c1-23-16(20)14-13(7-8-24-14)25(21,22)18-12-4-2-3-11(9-12)17-15(19)10-5-6-10/h2-4,7-10,18H,5-6H2,1H3,(H,17,19). The Bertz CT molecular complexity index is 916. The number of amides is 1. The molecule has 1 fully saturated rings. The normalized spacial score (nSPS) is 14.0. The molecular weight excluding hydrogens is 364 g/mol. The van der Waals surface area contributed by atoms with Crippen molar-refractivity contribution < 1.29 is 22.7 Å². The largest absolute Gasteiger partial charge is 0.465 e. The molecule has 9 heteroatoms. The van der Waals surface area contributed by atoms with Crippen molar-refractivity contribution >= 4 is 44.6 Å². The molecule has 0 spiro atoms. The summed E-state index contributed by atoms with van der Waals surface area (Å²) in [6.45, 7) is 0. The molecule has 1 aromatic carbocycles. The van der Waals surface area contributed by atoms with Crippen LogP contribution in [0.1, 0.15) is 22.5 Å². The number of anilines is 2. The highest BCUT2D eigenvalue weighted by Gasteiger charge is 2.29. The van der Waals surface area contributed by atoms with Gasteiger partial charge < -0.3 is 10.1 Å². The number of sulfonamides is 1. The van der Waals surface area contributed by atoms with Crippen LogP contribution in [-0.4, -0.2) is 27.4 Å². The zero-order valence-electron chi connectivity index (χ0n) is 13.3. The summed E-state index contributed by atoms with van der Waals surface area (Å²) in [5, 5.41) is 4.26. The Labute approximate surface area is 149 Å². The van der Waals surface area contributed by atoms with Gasteiger partial charge in [-0.15, -0.1) is 11.3 Å². The van der Waals surface area contributed by atoms with Crippen LogP contribution < -0.4 is 10.0 Å². The van der Waals surface area contributed by atoms with Gasteiger partial charge in [0.2, 0.25) is 5.91 Å². The Balaban J connectivity index is 1.80. The molecule has 25 heavy (non-hydrogen) atoms. The number of carbonyl (C=O) groups is 2. The third-order valence-corrected chi connectivity index (χ3v) is 6.07. The maximum absolute atomic E-state index is 12.6. The minimum atomic E-state index is -3.96. The first kappa shape index (κ1) is 17.4. The molecule has 1 saturated carbocycles. The average molecular weight is 380 g/mol. The Morgan fingerprint density at radius 3 is 2.60 bits per heavy atom. The van der Waals surface area contributed by atoms with Crippen molar-refractivity contribution in [1.29, 1.82) is 0 Å². The molecule has 0 atom stereocenters. The Kier molecular flexibility index (Phi) is 4.78. The molecular formula is C16H16N2O5S2. The first-order valence-electron chi connectivity index (χ1n) is 7.50. The molecule has 0 unspecified atom stereocenters. The maximum Gasteiger partial charge on any atom is 0.349 e. The number of hydrogen-bond acceptors (Lipinski definition) is 6. The van der Waals surface area contributed by atoms with E-state index in [2.05, 4.69) is 14.8 Å². The summed E-state index contributed by atoms with van der Waals surface area (Å²) < 4.78 is 32.1. The van der Waals surface area contributed by atoms with Crippen molar-refractivity contribution in [3.8, 4) is 0 Å². The number of nitrogens with one attached hydrogen (secondary N) is 2. The molecule has 132 valence electrons. The van der Waals surface area contributed by atoms with Gasteiger partial charge in [-0.25, -0.2) is 13.2 Å². The van der Waals surface area contributed by atoms with Crippen molar-refractivity contribution in [3.05, 3.63) is 40.6 Å². The van der Waals surface area contributed by atoms with Gasteiger partial charge in [0.15, 0.2) is 0 Å². The molecule has 2 aromatic rings. The van der Waals surface area contributed by atoms with Crippen LogP contribution in [0.4, 0.5) is 11.4 Å². The highest BCUT2D eigenvalue weighted by atomic mass is 32.2. The maximum atomic E-state index is 12.6. The van der Waals surface area contributed by atoms with Gasteiger partial charge in [0, 0.05) is 11.6 Å². The third kappa shape index (κ3) is 3.99. The molecule has 1 aromatic heterocycles. The predicted molar refractivity (Wildman–Crippen MR) is 94.3 cm³/mol. The molecule has 0 aliphatic heterocycles. The van der Waals surface area contributed by atoms with Gasteiger partial charge in [-0.05, 0) is 42.5 Å². The topological polar surface area (TPSA) is 102 Å². The summed E-state index contributed by atoms with van der Waals surface area (Å²) in [6.07, 6.45) is 1.76. The van der Waals surface area contributed by atoms with E-state index in [1.54, 1.807) is 18.2 Å². The summed E-state index contributed by atoms with van der Waals surface area (Å²) in [5.74, 6) is -0.722. The quantitative estimate of drug-likeness (QED) is 0.750. The molecule has 1 aliphatic rings. The number of methoxy groups -OCH3 is 1. The fraction of sp³-hybridized carbons (Fsp3) is 0.250. The lowest BCUT2D eigenvalue weighted by atomic mass is 10.2. The van der Waals surface area contributed by atoms with E-state index in [1.165, 1.54) is 24.6 Å². The summed E-state index contributed by atoms with van der Waals surface area (Å²) in [6, 6.07) is 7.76. The van der Waals surface area contributed by atoms with Crippen LogP contribution in [-0.2, 0) is 19.6 Å². The Hall–Kier alpha value is -2.39. The Morgan fingerprint density at radius 1 is 1.20 bits per heavy atom. The molecule has 1 heterocycles. The zero-order valence-corrected chi connectivity index (χ0v) is 14.9. The first-order valence-corrected chi connectivity index (χ1v) is 9.86. The molecule has 7 nitrogen and oxygen atoms in total. The van der Waals surface area contributed by atoms with Crippen molar-refractivity contribution in [2.24, 2.45) is 5.92 Å². The zero-order chi connectivity index (χ0) is 18.0. The number of carbonyl (C=O) groups excluding carboxylic acids is 2. The van der Waals surface area contributed by atoms with Crippen LogP contribution in [0.2, 0.25) is 0 Å². The predicted octanol–water partition coefficient (Wildman–Crippen LogP) is 2.68. The number of esters is 1. The van der Waals surface area contributed by atoms with E-state index in [4.69, 9.17) is 0 Å². The second kappa shape index (κ2) is 6.85. The van der Waals surface area contributed by atoms with Crippen molar-refractivity contribution in [2.75, 3.05) is 17.1 Å². The van der Waals surface area contributed by atoms with Gasteiger partial charge in [-0.2, -0.15) is 0 Å². The monoisotopic (exact) mass is 380 g/mol. The summed E-state index contributed by atoms with van der Waals surface area (Å²) in [7, 11) is -2.77. The van der Waals surface area contributed by atoms with E-state index < -0.39 is 16.0 Å². The molecule has 1 amide bonds. The van der Waals surface area contributed by atoms with E-state index in [9.17, 15) is 18.0 Å². The minimum absolute atomic E-state index is 0.00758. The smallest absolute Gasteiger partial charge is 0.349 e. The van der Waals surface area contributed by atoms with Gasteiger partial charge >= 0.3 is 5.97 Å². The van der Waals surface area contributed by atoms with Crippen LogP contribution >= 0.6 is 11.3 Å². The fourth-order valence-corrected chi connectivity index (χ4v) is 4.60. The molecule has 3 rings (SSSR count). The van der Waals surface area contributed by atoms with Crippen LogP contribution in [0.25, 0.3) is 0 Å². The van der Waals surface area contributed by atoms with Crippen molar-refractivity contribution in [1.82, 2.24) is 0 Å². The van der Waals surface area contributed by atoms with Crippen LogP contribution in [0.15, 0.2) is 40.6 Å². The lowest BCUT2D eigenvalue weighted by Gasteiger charge is -2.10. The van der Waals surface area contributed by atoms with E-state index in [0.717, 1.165) is 24.2 Å². The van der Waals surface area contributed by atoms with Gasteiger partial charge in [-0.1, -0.05) is 6.07 Å². The molecule has 1 aliphatic carbocycles. The second-order valence-electron chi connectivity index (χ2n) is 5.56. The average Bonchev–Trinajstić information content (AvgIpc) is 3.30. The number of benzene rings is 1. The van der Waals surface area contributed by atoms with Gasteiger partial charge in [0.05, 0.1) is 12.8 Å². The SMILES string of the molecule is COC(=O)c1sccc1S(=O)(=O)Nc1cccc(NC(=O)C2CC2)c1. The lowest BCUT2D eigenvalue weighted by Crippen LogP contribution is -2.16.